The maximum absolute atomic E-state index is 4.96. The molecule has 0 atom stereocenters. The molecule has 198 valence electrons. The zero-order chi connectivity index (χ0) is 28.1. The molecule has 0 radical (unpaired) electrons. The summed E-state index contributed by atoms with van der Waals surface area (Å²) in [5.41, 5.74) is 11.3. The van der Waals surface area contributed by atoms with Gasteiger partial charge in [0.15, 0.2) is 5.82 Å². The summed E-state index contributed by atoms with van der Waals surface area (Å²) in [6.45, 7) is 0. The zero-order valence-electron chi connectivity index (χ0n) is 22.8. The topological polar surface area (TPSA) is 51.6 Å². The summed E-state index contributed by atoms with van der Waals surface area (Å²) < 4.78 is 0. The Kier molecular flexibility index (Phi) is 6.85. The van der Waals surface area contributed by atoms with Gasteiger partial charge >= 0.3 is 0 Å². The first-order valence-corrected chi connectivity index (χ1v) is 13.9. The molecular weight excluding hydrogens is 512 g/mol. The van der Waals surface area contributed by atoms with Gasteiger partial charge in [0.1, 0.15) is 0 Å². The molecule has 3 aromatic heterocycles. The normalized spacial score (nSPS) is 10.9. The van der Waals surface area contributed by atoms with Crippen molar-refractivity contribution in [2.75, 3.05) is 0 Å². The summed E-state index contributed by atoms with van der Waals surface area (Å²) in [5, 5.41) is 0. The molecule has 0 saturated carbocycles. The molecule has 0 aliphatic heterocycles. The van der Waals surface area contributed by atoms with Gasteiger partial charge in [-0.15, -0.1) is 0 Å². The minimum absolute atomic E-state index is 0.715. The lowest BCUT2D eigenvalue weighted by molar-refractivity contribution is 1.18. The van der Waals surface area contributed by atoms with Gasteiger partial charge < -0.3 is 0 Å². The molecule has 0 fully saturated rings. The van der Waals surface area contributed by atoms with Crippen LogP contribution in [0.2, 0.25) is 0 Å². The van der Waals surface area contributed by atoms with E-state index >= 15 is 0 Å². The number of pyridine rings is 2. The lowest BCUT2D eigenvalue weighted by Crippen LogP contribution is -1.95. The summed E-state index contributed by atoms with van der Waals surface area (Å²) in [5.74, 6) is 0.715. The van der Waals surface area contributed by atoms with Crippen LogP contribution in [0.15, 0.2) is 158 Å². The van der Waals surface area contributed by atoms with Gasteiger partial charge in [-0.2, -0.15) is 0 Å². The standard InChI is InChI=1S/C38H26N4/c1-3-9-30(10-4-1)35-25-36(42-38(41-35)32-11-5-2-6-12-32)31-21-17-28(18-22-31)27-15-19-29(20-16-27)34-14-8-24-40-37(34)33-13-7-23-39-26-33/h1-26H. The fraction of sp³-hybridized carbons (Fsp3) is 0. The summed E-state index contributed by atoms with van der Waals surface area (Å²) in [7, 11) is 0. The van der Waals surface area contributed by atoms with E-state index in [0.29, 0.717) is 5.82 Å². The number of benzene rings is 4. The first kappa shape index (κ1) is 25.2. The van der Waals surface area contributed by atoms with Gasteiger partial charge in [0.25, 0.3) is 0 Å². The van der Waals surface area contributed by atoms with Gasteiger partial charge in [0.2, 0.25) is 0 Å². The zero-order valence-corrected chi connectivity index (χ0v) is 22.8. The largest absolute Gasteiger partial charge is 0.264 e. The Morgan fingerprint density at radius 2 is 0.905 bits per heavy atom. The summed E-state index contributed by atoms with van der Waals surface area (Å²) in [4.78, 5) is 18.8. The highest BCUT2D eigenvalue weighted by molar-refractivity contribution is 5.82. The monoisotopic (exact) mass is 538 g/mol. The predicted octanol–water partition coefficient (Wildman–Crippen LogP) is 9.27. The van der Waals surface area contributed by atoms with Crippen LogP contribution in [0, 0.1) is 0 Å². The van der Waals surface area contributed by atoms with Crippen molar-refractivity contribution in [3.8, 4) is 67.4 Å². The Balaban J connectivity index is 1.20. The molecule has 0 unspecified atom stereocenters. The molecule has 3 heterocycles. The van der Waals surface area contributed by atoms with Crippen molar-refractivity contribution in [2.45, 2.75) is 0 Å². The average Bonchev–Trinajstić information content (AvgIpc) is 3.09. The molecule has 0 amide bonds. The van der Waals surface area contributed by atoms with Crippen LogP contribution in [0.5, 0.6) is 0 Å². The summed E-state index contributed by atoms with van der Waals surface area (Å²) >= 11 is 0. The van der Waals surface area contributed by atoms with E-state index in [1.165, 1.54) is 0 Å². The quantitative estimate of drug-likeness (QED) is 0.212. The van der Waals surface area contributed by atoms with E-state index < -0.39 is 0 Å². The second-order valence-electron chi connectivity index (χ2n) is 9.99. The van der Waals surface area contributed by atoms with Crippen LogP contribution in [0.3, 0.4) is 0 Å². The van der Waals surface area contributed by atoms with E-state index in [4.69, 9.17) is 9.97 Å². The number of rotatable bonds is 6. The number of hydrogen-bond donors (Lipinski definition) is 0. The van der Waals surface area contributed by atoms with Crippen molar-refractivity contribution in [1.29, 1.82) is 0 Å². The fourth-order valence-corrected chi connectivity index (χ4v) is 5.12. The van der Waals surface area contributed by atoms with Crippen LogP contribution in [0.4, 0.5) is 0 Å². The highest BCUT2D eigenvalue weighted by Gasteiger charge is 2.12. The Bertz CT molecular complexity index is 1880. The Morgan fingerprint density at radius 1 is 0.381 bits per heavy atom. The van der Waals surface area contributed by atoms with E-state index in [9.17, 15) is 0 Å². The molecule has 0 aliphatic rings. The van der Waals surface area contributed by atoms with Gasteiger partial charge in [0, 0.05) is 46.4 Å². The molecule has 7 aromatic rings. The molecule has 7 rings (SSSR count). The number of hydrogen-bond acceptors (Lipinski definition) is 4. The molecular formula is C38H26N4. The molecule has 4 aromatic carbocycles. The maximum atomic E-state index is 4.96. The molecule has 0 spiro atoms. The van der Waals surface area contributed by atoms with E-state index in [1.54, 1.807) is 6.20 Å². The van der Waals surface area contributed by atoms with Crippen molar-refractivity contribution in [3.63, 3.8) is 0 Å². The third-order valence-electron chi connectivity index (χ3n) is 7.28. The molecule has 4 heteroatoms. The van der Waals surface area contributed by atoms with Crippen LogP contribution in [0.25, 0.3) is 67.4 Å². The molecule has 0 aliphatic carbocycles. The Morgan fingerprint density at radius 3 is 1.52 bits per heavy atom. The first-order chi connectivity index (χ1) is 20.8. The van der Waals surface area contributed by atoms with Gasteiger partial charge in [-0.05, 0) is 41.0 Å². The third-order valence-corrected chi connectivity index (χ3v) is 7.28. The van der Waals surface area contributed by atoms with E-state index in [0.717, 1.165) is 61.6 Å². The molecule has 0 saturated heterocycles. The molecule has 0 bridgehead atoms. The van der Waals surface area contributed by atoms with Gasteiger partial charge in [0.05, 0.1) is 17.1 Å². The second kappa shape index (κ2) is 11.4. The summed E-state index contributed by atoms with van der Waals surface area (Å²) in [6.07, 6.45) is 5.46. The highest BCUT2D eigenvalue weighted by Crippen LogP contribution is 2.33. The van der Waals surface area contributed by atoms with Crippen LogP contribution in [0.1, 0.15) is 0 Å². The number of aromatic nitrogens is 4. The first-order valence-electron chi connectivity index (χ1n) is 13.9. The lowest BCUT2D eigenvalue weighted by atomic mass is 9.97. The minimum atomic E-state index is 0.715. The van der Waals surface area contributed by atoms with Crippen LogP contribution >= 0.6 is 0 Å². The van der Waals surface area contributed by atoms with Gasteiger partial charge in [-0.25, -0.2) is 9.97 Å². The molecule has 0 N–H and O–H groups in total. The lowest BCUT2D eigenvalue weighted by Gasteiger charge is -2.11. The Labute approximate surface area is 245 Å². The average molecular weight is 539 g/mol. The predicted molar refractivity (Wildman–Crippen MR) is 170 cm³/mol. The fourth-order valence-electron chi connectivity index (χ4n) is 5.12. The SMILES string of the molecule is c1ccc(-c2cc(-c3ccc(-c4ccc(-c5cccnc5-c5cccnc5)cc4)cc3)nc(-c3ccccc3)n2)cc1. The molecule has 42 heavy (non-hydrogen) atoms. The van der Waals surface area contributed by atoms with Crippen molar-refractivity contribution in [2.24, 2.45) is 0 Å². The third kappa shape index (κ3) is 5.21. The highest BCUT2D eigenvalue weighted by atomic mass is 14.9. The van der Waals surface area contributed by atoms with Crippen LogP contribution in [-0.2, 0) is 0 Å². The minimum Gasteiger partial charge on any atom is -0.264 e. The molecule has 4 nitrogen and oxygen atoms in total. The van der Waals surface area contributed by atoms with Gasteiger partial charge in [-0.3, -0.25) is 9.97 Å². The van der Waals surface area contributed by atoms with Crippen molar-refractivity contribution in [3.05, 3.63) is 158 Å². The number of nitrogens with zero attached hydrogens (tertiary/aromatic N) is 4. The summed E-state index contributed by atoms with van der Waals surface area (Å²) in [6, 6.07) is 47.7. The van der Waals surface area contributed by atoms with Crippen molar-refractivity contribution < 1.29 is 0 Å². The van der Waals surface area contributed by atoms with Crippen molar-refractivity contribution >= 4 is 0 Å². The van der Waals surface area contributed by atoms with Crippen LogP contribution in [-0.4, -0.2) is 19.9 Å². The second-order valence-corrected chi connectivity index (χ2v) is 9.99. The van der Waals surface area contributed by atoms with E-state index in [2.05, 4.69) is 82.8 Å². The Hall–Kier alpha value is -5.74. The smallest absolute Gasteiger partial charge is 0.160 e. The van der Waals surface area contributed by atoms with Crippen LogP contribution < -0.4 is 0 Å². The van der Waals surface area contributed by atoms with E-state index in [1.807, 2.05) is 79.1 Å². The van der Waals surface area contributed by atoms with E-state index in [-0.39, 0.29) is 0 Å². The van der Waals surface area contributed by atoms with Gasteiger partial charge in [-0.1, -0.05) is 115 Å². The van der Waals surface area contributed by atoms with Crippen molar-refractivity contribution in [1.82, 2.24) is 19.9 Å². The maximum Gasteiger partial charge on any atom is 0.160 e.